The van der Waals surface area contributed by atoms with Gasteiger partial charge in [-0.05, 0) is 30.2 Å². The highest BCUT2D eigenvalue weighted by Gasteiger charge is 2.29. The lowest BCUT2D eigenvalue weighted by Gasteiger charge is -2.09. The van der Waals surface area contributed by atoms with Gasteiger partial charge < -0.3 is 10.4 Å². The maximum Gasteiger partial charge on any atom is 0.257 e. The summed E-state index contributed by atoms with van der Waals surface area (Å²) in [6, 6.07) is 3.52. The van der Waals surface area contributed by atoms with E-state index in [9.17, 15) is 9.90 Å². The number of hydrogen-bond donors (Lipinski definition) is 2. The van der Waals surface area contributed by atoms with Gasteiger partial charge in [0.15, 0.2) is 6.10 Å². The van der Waals surface area contributed by atoms with Gasteiger partial charge in [0.2, 0.25) is 0 Å². The van der Waals surface area contributed by atoms with Gasteiger partial charge in [-0.3, -0.25) is 4.79 Å². The van der Waals surface area contributed by atoms with Gasteiger partial charge in [0, 0.05) is 16.1 Å². The molecule has 0 saturated heterocycles. The van der Waals surface area contributed by atoms with Gasteiger partial charge >= 0.3 is 0 Å². The fourth-order valence-electron chi connectivity index (χ4n) is 1.76. The highest BCUT2D eigenvalue weighted by molar-refractivity contribution is 7.99. The Morgan fingerprint density at radius 3 is 2.89 bits per heavy atom. The number of halogens is 1. The number of thioether (sulfide) groups is 1. The summed E-state index contributed by atoms with van der Waals surface area (Å²) in [5.41, 5.74) is 1.24. The molecule has 1 amide bonds. The average molecular weight is 286 g/mol. The largest absolute Gasteiger partial charge is 0.378 e. The zero-order valence-corrected chi connectivity index (χ0v) is 11.9. The Bertz CT molecular complexity index is 476. The van der Waals surface area contributed by atoms with Gasteiger partial charge in [-0.15, -0.1) is 11.8 Å². The molecule has 0 fully saturated rings. The lowest BCUT2D eigenvalue weighted by molar-refractivity contribution is -0.123. The van der Waals surface area contributed by atoms with E-state index in [4.69, 9.17) is 11.6 Å². The van der Waals surface area contributed by atoms with Crippen LogP contribution in [0, 0.1) is 5.92 Å². The van der Waals surface area contributed by atoms with E-state index in [1.165, 1.54) is 0 Å². The number of amides is 1. The highest BCUT2D eigenvalue weighted by atomic mass is 35.5. The van der Waals surface area contributed by atoms with E-state index in [2.05, 4.69) is 19.2 Å². The lowest BCUT2D eigenvalue weighted by Crippen LogP contribution is -2.10. The predicted molar refractivity (Wildman–Crippen MR) is 75.2 cm³/mol. The smallest absolute Gasteiger partial charge is 0.257 e. The molecule has 0 saturated carbocycles. The van der Waals surface area contributed by atoms with Crippen LogP contribution in [0.1, 0.15) is 31.9 Å². The topological polar surface area (TPSA) is 49.3 Å². The first-order valence-corrected chi connectivity index (χ1v) is 7.30. The number of aliphatic hydroxyl groups excluding tert-OH is 1. The van der Waals surface area contributed by atoms with Crippen LogP contribution in [0.15, 0.2) is 17.0 Å². The molecule has 5 heteroatoms. The minimum Gasteiger partial charge on any atom is -0.378 e. The van der Waals surface area contributed by atoms with Crippen LogP contribution in [0.5, 0.6) is 0 Å². The molecule has 0 spiro atoms. The Morgan fingerprint density at radius 1 is 1.50 bits per heavy atom. The molecule has 0 aliphatic carbocycles. The van der Waals surface area contributed by atoms with Crippen LogP contribution >= 0.6 is 23.4 Å². The van der Waals surface area contributed by atoms with Gasteiger partial charge in [0.1, 0.15) is 0 Å². The van der Waals surface area contributed by atoms with Crippen molar-refractivity contribution in [1.82, 2.24) is 0 Å². The number of benzene rings is 1. The van der Waals surface area contributed by atoms with E-state index in [-0.39, 0.29) is 5.91 Å². The Morgan fingerprint density at radius 2 is 2.22 bits per heavy atom. The van der Waals surface area contributed by atoms with Crippen LogP contribution in [0.4, 0.5) is 5.69 Å². The fourth-order valence-corrected chi connectivity index (χ4v) is 3.30. The van der Waals surface area contributed by atoms with Crippen molar-refractivity contribution >= 4 is 35.0 Å². The van der Waals surface area contributed by atoms with Crippen LogP contribution in [-0.2, 0) is 4.79 Å². The monoisotopic (exact) mass is 285 g/mol. The predicted octanol–water partition coefficient (Wildman–Crippen LogP) is 3.46. The molecule has 0 radical (unpaired) electrons. The maximum atomic E-state index is 11.3. The molecule has 18 heavy (non-hydrogen) atoms. The molecule has 2 rings (SSSR count). The van der Waals surface area contributed by atoms with Gasteiger partial charge in [-0.1, -0.05) is 25.4 Å². The minimum absolute atomic E-state index is 0.384. The van der Waals surface area contributed by atoms with Gasteiger partial charge in [-0.25, -0.2) is 0 Å². The van der Waals surface area contributed by atoms with Crippen molar-refractivity contribution in [3.8, 4) is 0 Å². The zero-order chi connectivity index (χ0) is 13.3. The Labute approximate surface area is 116 Å². The first-order chi connectivity index (χ1) is 8.49. The summed E-state index contributed by atoms with van der Waals surface area (Å²) in [6.45, 7) is 4.36. The average Bonchev–Trinajstić information content (AvgIpc) is 2.55. The molecular weight excluding hydrogens is 270 g/mol. The molecule has 1 unspecified atom stereocenters. The number of aliphatic hydroxyl groups is 1. The molecule has 1 aromatic carbocycles. The van der Waals surface area contributed by atoms with E-state index in [1.54, 1.807) is 17.8 Å². The molecule has 2 N–H and O–H groups in total. The number of carbonyl (C=O) groups is 1. The highest BCUT2D eigenvalue weighted by Crippen LogP contribution is 2.39. The second-order valence-electron chi connectivity index (χ2n) is 4.79. The summed E-state index contributed by atoms with van der Waals surface area (Å²) in [7, 11) is 0. The molecule has 1 aromatic rings. The van der Waals surface area contributed by atoms with E-state index in [1.807, 2.05) is 6.07 Å². The van der Waals surface area contributed by atoms with Crippen molar-refractivity contribution in [2.24, 2.45) is 5.92 Å². The van der Waals surface area contributed by atoms with Crippen LogP contribution < -0.4 is 5.32 Å². The third-order valence-corrected chi connectivity index (χ3v) is 4.37. The zero-order valence-electron chi connectivity index (χ0n) is 10.4. The van der Waals surface area contributed by atoms with Crippen LogP contribution in [-0.4, -0.2) is 16.8 Å². The number of carbonyl (C=O) groups excluding carboxylic acids is 1. The SMILES string of the molecule is CC(C)CCSc1cc2c(cc1Cl)C(O)C(=O)N2. The molecular formula is C13H16ClNO2S. The molecule has 98 valence electrons. The second kappa shape index (κ2) is 5.51. The summed E-state index contributed by atoms with van der Waals surface area (Å²) in [5.74, 6) is 1.27. The second-order valence-corrected chi connectivity index (χ2v) is 6.34. The Balaban J connectivity index is 2.14. The molecule has 0 bridgehead atoms. The first kappa shape index (κ1) is 13.7. The normalized spacial score (nSPS) is 18.1. The number of nitrogens with one attached hydrogen (secondary N) is 1. The third kappa shape index (κ3) is 2.82. The fraction of sp³-hybridized carbons (Fsp3) is 0.462. The number of rotatable bonds is 4. The van der Waals surface area contributed by atoms with Crippen molar-refractivity contribution in [2.75, 3.05) is 11.1 Å². The molecule has 1 atom stereocenters. The Hall–Kier alpha value is -0.710. The van der Waals surface area contributed by atoms with Crippen molar-refractivity contribution in [1.29, 1.82) is 0 Å². The quantitative estimate of drug-likeness (QED) is 0.833. The van der Waals surface area contributed by atoms with Crippen molar-refractivity contribution in [3.63, 3.8) is 0 Å². The van der Waals surface area contributed by atoms with Crippen LogP contribution in [0.3, 0.4) is 0 Å². The number of hydrogen-bond acceptors (Lipinski definition) is 3. The first-order valence-electron chi connectivity index (χ1n) is 5.94. The molecule has 1 heterocycles. The summed E-state index contributed by atoms with van der Waals surface area (Å²) >= 11 is 7.84. The van der Waals surface area contributed by atoms with Crippen LogP contribution in [0.25, 0.3) is 0 Å². The standard InChI is InChI=1S/C13H16ClNO2S/c1-7(2)3-4-18-11-6-10-8(5-9(11)14)12(16)13(17)15-10/h5-7,12,16H,3-4H2,1-2H3,(H,15,17). The maximum absolute atomic E-state index is 11.3. The van der Waals surface area contributed by atoms with E-state index in [0.29, 0.717) is 22.2 Å². The summed E-state index contributed by atoms with van der Waals surface area (Å²) in [5, 5.41) is 12.9. The molecule has 3 nitrogen and oxygen atoms in total. The van der Waals surface area contributed by atoms with Gasteiger partial charge in [0.05, 0.1) is 5.02 Å². The third-order valence-electron chi connectivity index (χ3n) is 2.86. The van der Waals surface area contributed by atoms with E-state index in [0.717, 1.165) is 17.1 Å². The summed E-state index contributed by atoms with van der Waals surface area (Å²) < 4.78 is 0. The lowest BCUT2D eigenvalue weighted by atomic mass is 10.1. The molecule has 1 aliphatic rings. The number of fused-ring (bicyclic) bond motifs is 1. The van der Waals surface area contributed by atoms with Crippen LogP contribution in [0.2, 0.25) is 5.02 Å². The van der Waals surface area contributed by atoms with Crippen molar-refractivity contribution in [3.05, 3.63) is 22.7 Å². The minimum atomic E-state index is -1.09. The van der Waals surface area contributed by atoms with Gasteiger partial charge in [0.25, 0.3) is 5.91 Å². The summed E-state index contributed by atoms with van der Waals surface area (Å²) in [4.78, 5) is 12.3. The van der Waals surface area contributed by atoms with E-state index < -0.39 is 6.10 Å². The molecule has 0 aromatic heterocycles. The van der Waals surface area contributed by atoms with E-state index >= 15 is 0 Å². The molecule has 1 aliphatic heterocycles. The van der Waals surface area contributed by atoms with Crippen molar-refractivity contribution < 1.29 is 9.90 Å². The number of anilines is 1. The van der Waals surface area contributed by atoms with Crippen molar-refractivity contribution in [2.45, 2.75) is 31.3 Å². The Kier molecular flexibility index (Phi) is 4.20. The summed E-state index contributed by atoms with van der Waals surface area (Å²) in [6.07, 6.45) is 0.0276. The van der Waals surface area contributed by atoms with Gasteiger partial charge in [-0.2, -0.15) is 0 Å².